The molecule has 0 heterocycles. The van der Waals surface area contributed by atoms with Crippen LogP contribution < -0.4 is 0 Å². The Balaban J connectivity index is 2.31. The lowest BCUT2D eigenvalue weighted by atomic mass is 9.53. The summed E-state index contributed by atoms with van der Waals surface area (Å²) in [4.78, 5) is 23.8. The third-order valence-corrected chi connectivity index (χ3v) is 8.04. The van der Waals surface area contributed by atoms with Gasteiger partial charge in [-0.3, -0.25) is 9.59 Å². The molecule has 174 valence electrons. The van der Waals surface area contributed by atoms with Gasteiger partial charge in [-0.15, -0.1) is 0 Å². The number of hydrogen-bond acceptors (Lipinski definition) is 7. The van der Waals surface area contributed by atoms with Crippen molar-refractivity contribution in [1.29, 1.82) is 0 Å². The summed E-state index contributed by atoms with van der Waals surface area (Å²) in [5, 5.41) is 33.9. The van der Waals surface area contributed by atoms with Gasteiger partial charge in [-0.1, -0.05) is 27.7 Å². The summed E-state index contributed by atoms with van der Waals surface area (Å²) in [6.07, 6.45) is 2.98. The van der Waals surface area contributed by atoms with E-state index in [0.717, 1.165) is 38.7 Å². The van der Waals surface area contributed by atoms with E-state index in [1.165, 1.54) is 6.92 Å². The number of allylic oxidation sites excluding steroid dienone is 2. The Hall–Kier alpha value is -1.86. The minimum Gasteiger partial charge on any atom is -0.508 e. The van der Waals surface area contributed by atoms with Gasteiger partial charge in [0.1, 0.15) is 5.76 Å². The number of esters is 2. The Bertz CT molecular complexity index is 847. The van der Waals surface area contributed by atoms with Gasteiger partial charge < -0.3 is 24.8 Å². The Morgan fingerprint density at radius 2 is 1.58 bits per heavy atom. The molecule has 0 amide bonds. The first-order chi connectivity index (χ1) is 14.1. The predicted molar refractivity (Wildman–Crippen MR) is 113 cm³/mol. The van der Waals surface area contributed by atoms with Crippen LogP contribution >= 0.6 is 0 Å². The van der Waals surface area contributed by atoms with E-state index in [-0.39, 0.29) is 23.2 Å². The van der Waals surface area contributed by atoms with Gasteiger partial charge in [-0.05, 0) is 55.4 Å². The summed E-state index contributed by atoms with van der Waals surface area (Å²) in [5.41, 5.74) is 0.360. The molecule has 2 bridgehead atoms. The van der Waals surface area contributed by atoms with Crippen LogP contribution in [0, 0.1) is 22.7 Å². The highest BCUT2D eigenvalue weighted by atomic mass is 16.8. The number of ether oxygens (including phenoxy) is 2. The zero-order chi connectivity index (χ0) is 23.6. The minimum absolute atomic E-state index is 0.0293. The minimum atomic E-state index is -2.79. The third kappa shape index (κ3) is 3.50. The lowest BCUT2D eigenvalue weighted by Gasteiger charge is -2.55. The highest BCUT2D eigenvalue weighted by Gasteiger charge is 2.66. The lowest BCUT2D eigenvalue weighted by molar-refractivity contribution is -0.357. The first-order valence-corrected chi connectivity index (χ1v) is 11.1. The van der Waals surface area contributed by atoms with Gasteiger partial charge in [-0.2, -0.15) is 0 Å². The van der Waals surface area contributed by atoms with Crippen molar-refractivity contribution in [2.24, 2.45) is 22.7 Å². The Morgan fingerprint density at radius 3 is 2.10 bits per heavy atom. The van der Waals surface area contributed by atoms with Crippen molar-refractivity contribution >= 4 is 11.9 Å². The molecular weight excluding hydrogens is 400 g/mol. The molecule has 7 heteroatoms. The second-order valence-electron chi connectivity index (χ2n) is 10.6. The lowest BCUT2D eigenvalue weighted by Crippen LogP contribution is -2.65. The van der Waals surface area contributed by atoms with Crippen molar-refractivity contribution in [2.45, 2.75) is 92.1 Å². The van der Waals surface area contributed by atoms with Crippen molar-refractivity contribution in [1.82, 2.24) is 0 Å². The first-order valence-electron chi connectivity index (χ1n) is 11.1. The summed E-state index contributed by atoms with van der Waals surface area (Å²) in [5.74, 6) is -5.78. The molecule has 0 aliphatic heterocycles. The van der Waals surface area contributed by atoms with E-state index in [1.807, 2.05) is 6.92 Å². The van der Waals surface area contributed by atoms with Gasteiger partial charge in [0.2, 0.25) is 0 Å². The van der Waals surface area contributed by atoms with E-state index in [9.17, 15) is 24.9 Å². The number of rotatable bonds is 2. The van der Waals surface area contributed by atoms with E-state index in [1.54, 1.807) is 0 Å². The molecule has 0 saturated heterocycles. The Morgan fingerprint density at radius 1 is 1.03 bits per heavy atom. The smallest absolute Gasteiger partial charge is 0.315 e. The monoisotopic (exact) mass is 436 g/mol. The maximum absolute atomic E-state index is 11.9. The normalized spacial score (nSPS) is 36.0. The van der Waals surface area contributed by atoms with Crippen molar-refractivity contribution < 1.29 is 34.4 Å². The van der Waals surface area contributed by atoms with E-state index < -0.39 is 28.9 Å². The van der Waals surface area contributed by atoms with Gasteiger partial charge >= 0.3 is 17.7 Å². The molecule has 3 aliphatic rings. The van der Waals surface area contributed by atoms with Crippen molar-refractivity contribution in [3.63, 3.8) is 0 Å². The van der Waals surface area contributed by atoms with Gasteiger partial charge in [0.05, 0.1) is 0 Å². The summed E-state index contributed by atoms with van der Waals surface area (Å²) < 4.78 is 10.7. The molecule has 3 N–H and O–H groups in total. The van der Waals surface area contributed by atoms with Gasteiger partial charge in [-0.25, -0.2) is 0 Å². The maximum Gasteiger partial charge on any atom is 0.315 e. The molecule has 1 saturated carbocycles. The number of fused-ring (bicyclic) bond motifs is 3. The molecule has 1 fully saturated rings. The molecule has 3 atom stereocenters. The Labute approximate surface area is 184 Å². The highest BCUT2D eigenvalue weighted by molar-refractivity contribution is 5.69. The van der Waals surface area contributed by atoms with Crippen LogP contribution in [0.3, 0.4) is 0 Å². The van der Waals surface area contributed by atoms with E-state index in [2.05, 4.69) is 20.8 Å². The number of carbonyl (C=O) groups excluding carboxylic acids is 2. The second kappa shape index (κ2) is 7.34. The highest BCUT2D eigenvalue weighted by Crippen LogP contribution is 2.61. The van der Waals surface area contributed by atoms with Crippen LogP contribution in [0.15, 0.2) is 22.5 Å². The fraction of sp³-hybridized carbons (Fsp3) is 0.750. The second-order valence-corrected chi connectivity index (χ2v) is 10.6. The molecule has 0 radical (unpaired) electrons. The van der Waals surface area contributed by atoms with Crippen molar-refractivity contribution in [3.05, 3.63) is 22.5 Å². The van der Waals surface area contributed by atoms with Crippen LogP contribution in [0.1, 0.15) is 80.6 Å². The molecule has 0 spiro atoms. The van der Waals surface area contributed by atoms with Crippen LogP contribution in [-0.2, 0) is 19.1 Å². The van der Waals surface area contributed by atoms with E-state index >= 15 is 0 Å². The number of aliphatic hydroxyl groups is 3. The summed E-state index contributed by atoms with van der Waals surface area (Å²) in [7, 11) is 0. The molecule has 0 aromatic rings. The zero-order valence-electron chi connectivity index (χ0n) is 19.7. The van der Waals surface area contributed by atoms with Gasteiger partial charge in [0.25, 0.3) is 5.79 Å². The average molecular weight is 437 g/mol. The SMILES string of the molecule is CC(=O)OC1(OC(C)=O)C[C@@]2(C)CC[C@H]3[C@H](C)CC/C(=C(\O)C2=C(C)C1(O)O)C3(C)C. The van der Waals surface area contributed by atoms with Crippen molar-refractivity contribution in [2.75, 3.05) is 0 Å². The molecular formula is C24H36O7. The average Bonchev–Trinajstić information content (AvgIpc) is 2.57. The van der Waals surface area contributed by atoms with Crippen LogP contribution in [0.4, 0.5) is 0 Å². The van der Waals surface area contributed by atoms with Crippen LogP contribution in [-0.4, -0.2) is 38.8 Å². The standard InChI is InChI=1S/C24H36O7/c1-13-8-9-18-20(27)19-14(2)24(28,29)23(30-15(3)25,31-16(4)26)12-22(19,7)11-10-17(13)21(18,5)6/h13,17,27-29H,8-12H2,1-7H3/b20-18+/t13-,17+,22-/m1/s1. The molecule has 0 aromatic heterocycles. The van der Waals surface area contributed by atoms with E-state index in [4.69, 9.17) is 9.47 Å². The molecule has 0 unspecified atom stereocenters. The topological polar surface area (TPSA) is 113 Å². The van der Waals surface area contributed by atoms with Crippen LogP contribution in [0.5, 0.6) is 0 Å². The zero-order valence-corrected chi connectivity index (χ0v) is 19.7. The van der Waals surface area contributed by atoms with E-state index in [0.29, 0.717) is 23.8 Å². The summed E-state index contributed by atoms with van der Waals surface area (Å²) in [6, 6.07) is 0. The molecule has 0 aromatic carbocycles. The Kier molecular flexibility index (Phi) is 5.63. The van der Waals surface area contributed by atoms with Crippen molar-refractivity contribution in [3.8, 4) is 0 Å². The first kappa shape index (κ1) is 23.8. The van der Waals surface area contributed by atoms with Gasteiger partial charge in [0, 0.05) is 36.8 Å². The number of hydrogen-bond donors (Lipinski definition) is 3. The fourth-order valence-corrected chi connectivity index (χ4v) is 6.54. The fourth-order valence-electron chi connectivity index (χ4n) is 6.54. The summed E-state index contributed by atoms with van der Waals surface area (Å²) >= 11 is 0. The molecule has 3 aliphatic carbocycles. The largest absolute Gasteiger partial charge is 0.508 e. The third-order valence-electron chi connectivity index (χ3n) is 8.04. The molecule has 3 rings (SSSR count). The summed E-state index contributed by atoms with van der Waals surface area (Å²) in [6.45, 7) is 12.2. The number of aliphatic hydroxyl groups excluding tert-OH is 1. The number of carbonyl (C=O) groups is 2. The molecule has 7 nitrogen and oxygen atoms in total. The predicted octanol–water partition coefficient (Wildman–Crippen LogP) is 3.89. The van der Waals surface area contributed by atoms with Crippen LogP contribution in [0.25, 0.3) is 0 Å². The van der Waals surface area contributed by atoms with Gasteiger partial charge in [0.15, 0.2) is 0 Å². The maximum atomic E-state index is 11.9. The quantitative estimate of drug-likeness (QED) is 0.444. The molecule has 31 heavy (non-hydrogen) atoms. The van der Waals surface area contributed by atoms with Crippen LogP contribution in [0.2, 0.25) is 0 Å².